The van der Waals surface area contributed by atoms with Gasteiger partial charge >= 0.3 is 6.43 Å². The average molecular weight is 523 g/mol. The van der Waals surface area contributed by atoms with E-state index in [2.05, 4.69) is 9.71 Å². The largest absolute Gasteiger partial charge is 0.368 e. The van der Waals surface area contributed by atoms with E-state index >= 15 is 0 Å². The summed E-state index contributed by atoms with van der Waals surface area (Å²) in [5.74, 6) is -1.88. The smallest absolute Gasteiger partial charge is 0.316 e. The maximum atomic E-state index is 13.0. The molecular weight excluding hydrogens is 502 g/mol. The maximum Gasteiger partial charge on any atom is 0.316 e. The molecule has 2 aromatic carbocycles. The van der Waals surface area contributed by atoms with Crippen LogP contribution in [0.4, 0.5) is 14.5 Å². The van der Waals surface area contributed by atoms with E-state index in [0.717, 1.165) is 18.7 Å². The second-order valence-corrected chi connectivity index (χ2v) is 9.64. The van der Waals surface area contributed by atoms with Gasteiger partial charge < -0.3 is 10.2 Å². The Labute approximate surface area is 205 Å². The number of alkyl halides is 2. The first-order valence-electron chi connectivity index (χ1n) is 10.1. The molecule has 3 rings (SSSR count). The van der Waals surface area contributed by atoms with Crippen LogP contribution in [0.15, 0.2) is 70.2 Å². The molecule has 1 aromatic heterocycles. The van der Waals surface area contributed by atoms with E-state index in [-0.39, 0.29) is 28.1 Å². The predicted octanol–water partition coefficient (Wildman–Crippen LogP) is 4.17. The van der Waals surface area contributed by atoms with Gasteiger partial charge in [0.25, 0.3) is 15.9 Å². The summed E-state index contributed by atoms with van der Waals surface area (Å²) in [5.41, 5.74) is 1.08. The summed E-state index contributed by atoms with van der Waals surface area (Å²) >= 11 is 6.10. The maximum absolute atomic E-state index is 13.0. The number of nitrogens with zero attached hydrogens (tertiary/aromatic N) is 3. The molecule has 0 bridgehead atoms. The molecule has 0 aliphatic carbocycles. The summed E-state index contributed by atoms with van der Waals surface area (Å²) in [6.07, 6.45) is 0.0455. The van der Waals surface area contributed by atoms with Crippen molar-refractivity contribution in [3.05, 3.63) is 71.5 Å². The highest BCUT2D eigenvalue weighted by Crippen LogP contribution is 2.32. The van der Waals surface area contributed by atoms with Gasteiger partial charge in [0.15, 0.2) is 0 Å². The van der Waals surface area contributed by atoms with Crippen molar-refractivity contribution in [2.24, 2.45) is 4.40 Å². The number of aromatic nitrogens is 1. The van der Waals surface area contributed by atoms with Crippen molar-refractivity contribution in [2.45, 2.75) is 17.7 Å². The number of sulfonamides is 1. The summed E-state index contributed by atoms with van der Waals surface area (Å²) < 4.78 is 55.9. The van der Waals surface area contributed by atoms with E-state index in [4.69, 9.17) is 11.6 Å². The lowest BCUT2D eigenvalue weighted by atomic mass is 10.1. The van der Waals surface area contributed by atoms with Crippen LogP contribution in [0, 0.1) is 0 Å². The Hall–Kier alpha value is -3.57. The van der Waals surface area contributed by atoms with Gasteiger partial charge in [-0.2, -0.15) is 17.2 Å². The minimum atomic E-state index is -4.27. The van der Waals surface area contributed by atoms with Crippen molar-refractivity contribution in [2.75, 3.05) is 19.4 Å². The third kappa shape index (κ3) is 6.52. The highest BCUT2D eigenvalue weighted by molar-refractivity contribution is 7.90. The number of hydrogen-bond acceptors (Lipinski definition) is 4. The molecule has 1 N–H and O–H groups in total. The zero-order valence-corrected chi connectivity index (χ0v) is 20.2. The second-order valence-electron chi connectivity index (χ2n) is 7.63. The molecule has 8 nitrogen and oxygen atoms in total. The number of benzene rings is 2. The predicted molar refractivity (Wildman–Crippen MR) is 130 cm³/mol. The van der Waals surface area contributed by atoms with Crippen LogP contribution >= 0.6 is 11.6 Å². The highest BCUT2D eigenvalue weighted by Gasteiger charge is 2.23. The molecule has 1 heterocycles. The number of carbonyl (C=O) groups excluding carboxylic acids is 2. The number of rotatable bonds is 8. The highest BCUT2D eigenvalue weighted by atomic mass is 35.5. The molecule has 0 spiro atoms. The minimum Gasteiger partial charge on any atom is -0.368 e. The molecular formula is C23H21ClF2N4O4S. The first kappa shape index (κ1) is 26.0. The Kier molecular flexibility index (Phi) is 8.03. The minimum absolute atomic E-state index is 0.0408. The van der Waals surface area contributed by atoms with Crippen LogP contribution in [0.3, 0.4) is 0 Å². The van der Waals surface area contributed by atoms with Gasteiger partial charge in [0.2, 0.25) is 5.91 Å². The molecule has 35 heavy (non-hydrogen) atoms. The van der Waals surface area contributed by atoms with Crippen molar-refractivity contribution in [3.8, 4) is 11.1 Å². The quantitative estimate of drug-likeness (QED) is 0.353. The molecule has 3 aromatic rings. The summed E-state index contributed by atoms with van der Waals surface area (Å²) in [7, 11) is -1.10. The van der Waals surface area contributed by atoms with Crippen molar-refractivity contribution < 1.29 is 26.8 Å². The molecule has 0 fully saturated rings. The van der Waals surface area contributed by atoms with Gasteiger partial charge in [-0.1, -0.05) is 35.9 Å². The molecule has 0 unspecified atom stereocenters. The molecule has 0 atom stereocenters. The fraction of sp³-hybridized carbons (Fsp3) is 0.174. The van der Waals surface area contributed by atoms with Crippen LogP contribution in [0.5, 0.6) is 0 Å². The Balaban J connectivity index is 2.00. The number of halogens is 3. The SMILES string of the molecule is CN(C)C=NS(=O)(=O)c1cc(NC(=O)Cc2ccccc2Cl)ccc1-c1ccn(C(=O)C(F)F)c1. The fourth-order valence-corrected chi connectivity index (χ4v) is 4.46. The van der Waals surface area contributed by atoms with Gasteiger partial charge in [-0.25, -0.2) is 0 Å². The number of hydrogen-bond donors (Lipinski definition) is 1. The third-order valence-electron chi connectivity index (χ3n) is 4.71. The lowest BCUT2D eigenvalue weighted by Crippen LogP contribution is -2.17. The van der Waals surface area contributed by atoms with Crippen LogP contribution in [0.2, 0.25) is 5.02 Å². The van der Waals surface area contributed by atoms with Crippen molar-refractivity contribution in [3.63, 3.8) is 0 Å². The summed E-state index contributed by atoms with van der Waals surface area (Å²) in [5, 5.41) is 3.05. The van der Waals surface area contributed by atoms with Gasteiger partial charge in [0, 0.05) is 48.3 Å². The molecule has 12 heteroatoms. The normalized spacial score (nSPS) is 11.7. The van der Waals surface area contributed by atoms with Gasteiger partial charge in [0.1, 0.15) is 6.34 Å². The van der Waals surface area contributed by atoms with Crippen LogP contribution in [0.1, 0.15) is 10.4 Å². The van der Waals surface area contributed by atoms with E-state index in [0.29, 0.717) is 15.2 Å². The van der Waals surface area contributed by atoms with Crippen LogP contribution in [0.25, 0.3) is 11.1 Å². The third-order valence-corrected chi connectivity index (χ3v) is 6.35. The average Bonchev–Trinajstić information content (AvgIpc) is 3.28. The van der Waals surface area contributed by atoms with Gasteiger partial charge in [-0.15, -0.1) is 4.40 Å². The molecule has 0 saturated carbocycles. The Morgan fingerprint density at radius 1 is 1.17 bits per heavy atom. The molecule has 0 aliphatic rings. The van der Waals surface area contributed by atoms with Gasteiger partial charge in [0.05, 0.1) is 11.3 Å². The van der Waals surface area contributed by atoms with E-state index in [1.54, 1.807) is 38.4 Å². The fourth-order valence-electron chi connectivity index (χ4n) is 3.09. The molecule has 0 saturated heterocycles. The van der Waals surface area contributed by atoms with Crippen molar-refractivity contribution in [1.82, 2.24) is 9.47 Å². The number of nitrogens with one attached hydrogen (secondary N) is 1. The van der Waals surface area contributed by atoms with Gasteiger partial charge in [-0.3, -0.25) is 14.2 Å². The number of anilines is 1. The second kappa shape index (κ2) is 10.8. The van der Waals surface area contributed by atoms with Crippen LogP contribution in [-0.4, -0.2) is 56.6 Å². The molecule has 1 amide bonds. The first-order valence-corrected chi connectivity index (χ1v) is 11.9. The standard InChI is InChI=1S/C23H21ClF2N4O4S/c1-29(2)14-27-35(33,34)20-12-17(28-21(31)11-15-5-3-4-6-19(15)24)7-8-18(20)16-9-10-30(13-16)23(32)22(25)26/h3-10,12-14,22H,11H2,1-2H3,(H,28,31). The number of carbonyl (C=O) groups is 2. The van der Waals surface area contributed by atoms with E-state index in [1.807, 2.05) is 0 Å². The Morgan fingerprint density at radius 3 is 2.54 bits per heavy atom. The molecule has 0 radical (unpaired) electrons. The van der Waals surface area contributed by atoms with E-state index in [1.165, 1.54) is 29.2 Å². The van der Waals surface area contributed by atoms with Crippen LogP contribution < -0.4 is 5.32 Å². The Morgan fingerprint density at radius 2 is 1.89 bits per heavy atom. The number of amides is 1. The Bertz CT molecular complexity index is 1390. The van der Waals surface area contributed by atoms with E-state index < -0.39 is 28.3 Å². The van der Waals surface area contributed by atoms with Crippen molar-refractivity contribution in [1.29, 1.82) is 0 Å². The lowest BCUT2D eigenvalue weighted by Gasteiger charge is -2.12. The topological polar surface area (TPSA) is 101 Å². The monoisotopic (exact) mass is 522 g/mol. The molecule has 0 aliphatic heterocycles. The zero-order chi connectivity index (χ0) is 25.8. The molecule has 184 valence electrons. The summed E-state index contributed by atoms with van der Waals surface area (Å²) in [6.45, 7) is 0. The summed E-state index contributed by atoms with van der Waals surface area (Å²) in [4.78, 5) is 25.3. The van der Waals surface area contributed by atoms with E-state index in [9.17, 15) is 26.8 Å². The van der Waals surface area contributed by atoms with Crippen LogP contribution in [-0.2, 0) is 21.2 Å². The summed E-state index contributed by atoms with van der Waals surface area (Å²) in [6, 6.07) is 12.2. The lowest BCUT2D eigenvalue weighted by molar-refractivity contribution is -0.115. The van der Waals surface area contributed by atoms with Crippen molar-refractivity contribution >= 4 is 45.5 Å². The first-order chi connectivity index (χ1) is 16.5. The van der Waals surface area contributed by atoms with Gasteiger partial charge in [-0.05, 0) is 29.8 Å². The zero-order valence-electron chi connectivity index (χ0n) is 18.7.